The lowest BCUT2D eigenvalue weighted by Crippen LogP contribution is -2.13. The summed E-state index contributed by atoms with van der Waals surface area (Å²) in [7, 11) is 0. The van der Waals surface area contributed by atoms with Crippen molar-refractivity contribution in [2.45, 2.75) is 4.90 Å². The lowest BCUT2D eigenvalue weighted by atomic mass is 10.4. The van der Waals surface area contributed by atoms with Gasteiger partial charge in [-0.15, -0.1) is 0 Å². The maximum atomic E-state index is 12.2. The fourth-order valence-electron chi connectivity index (χ4n) is 1.88. The highest BCUT2D eigenvalue weighted by atomic mass is 32.2. The van der Waals surface area contributed by atoms with E-state index >= 15 is 0 Å². The minimum absolute atomic E-state index is 0.191. The fourth-order valence-corrected chi connectivity index (χ4v) is 2.74. The predicted octanol–water partition coefficient (Wildman–Crippen LogP) is 1.57. The van der Waals surface area contributed by atoms with E-state index < -0.39 is 17.3 Å². The molecule has 1 amide bonds. The summed E-state index contributed by atoms with van der Waals surface area (Å²) in [6.07, 6.45) is 3.24. The number of carbonyl (C=O) groups excluding carboxylic acids is 1. The first-order valence-electron chi connectivity index (χ1n) is 6.15. The molecule has 3 N–H and O–H groups in total. The molecule has 0 saturated carbocycles. The molecule has 2 aromatic heterocycles. The molecule has 2 heterocycles. The summed E-state index contributed by atoms with van der Waals surface area (Å²) in [6.45, 7) is 0. The number of rotatable bonds is 4. The third-order valence-electron chi connectivity index (χ3n) is 2.87. The first kappa shape index (κ1) is 13.5. The van der Waals surface area contributed by atoms with Gasteiger partial charge in [0, 0.05) is 12.4 Å². The van der Waals surface area contributed by atoms with Crippen molar-refractivity contribution < 1.29 is 9.35 Å². The van der Waals surface area contributed by atoms with Crippen LogP contribution in [0.5, 0.6) is 0 Å². The number of nitrogens with one attached hydrogen (secondary N) is 1. The van der Waals surface area contributed by atoms with E-state index in [1.165, 1.54) is 6.20 Å². The van der Waals surface area contributed by atoms with Crippen molar-refractivity contribution >= 4 is 28.6 Å². The lowest BCUT2D eigenvalue weighted by molar-refractivity contribution is 0.0996. The minimum atomic E-state index is -1.35. The molecule has 0 aliphatic heterocycles. The third-order valence-corrected chi connectivity index (χ3v) is 3.99. The number of benzene rings is 1. The zero-order valence-corrected chi connectivity index (χ0v) is 11.7. The second-order valence-corrected chi connectivity index (χ2v) is 5.57. The normalized spacial score (nSPS) is 12.2. The molecule has 3 rings (SSSR count). The average Bonchev–Trinajstić information content (AvgIpc) is 2.91. The van der Waals surface area contributed by atoms with Crippen LogP contribution in [0, 0.1) is 0 Å². The second-order valence-electron chi connectivity index (χ2n) is 4.36. The Balaban J connectivity index is 1.86. The van der Waals surface area contributed by atoms with E-state index in [2.05, 4.69) is 9.71 Å². The quantitative estimate of drug-likeness (QED) is 0.715. The molecule has 7 heteroatoms. The average molecular weight is 300 g/mol. The molecule has 106 valence electrons. The maximum absolute atomic E-state index is 12.2. The van der Waals surface area contributed by atoms with Crippen LogP contribution < -0.4 is 10.5 Å². The van der Waals surface area contributed by atoms with E-state index in [1.54, 1.807) is 34.9 Å². The zero-order chi connectivity index (χ0) is 14.8. The number of primary amides is 1. The van der Waals surface area contributed by atoms with Crippen LogP contribution in [0.25, 0.3) is 5.65 Å². The topological polar surface area (TPSA) is 95.5 Å². The Morgan fingerprint density at radius 1 is 1.19 bits per heavy atom. The van der Waals surface area contributed by atoms with Crippen molar-refractivity contribution in [3.05, 3.63) is 60.6 Å². The van der Waals surface area contributed by atoms with Gasteiger partial charge in [0.05, 0.1) is 5.69 Å². The molecule has 0 radical (unpaired) electrons. The van der Waals surface area contributed by atoms with Gasteiger partial charge in [0.2, 0.25) is 0 Å². The van der Waals surface area contributed by atoms with Gasteiger partial charge in [-0.1, -0.05) is 18.2 Å². The van der Waals surface area contributed by atoms with Gasteiger partial charge in [0.1, 0.15) is 22.7 Å². The Morgan fingerprint density at radius 2 is 1.95 bits per heavy atom. The fraction of sp³-hybridized carbons (Fsp3) is 0. The van der Waals surface area contributed by atoms with E-state index in [4.69, 9.17) is 5.73 Å². The van der Waals surface area contributed by atoms with Crippen LogP contribution in [-0.4, -0.2) is 19.8 Å². The second kappa shape index (κ2) is 5.47. The molecule has 1 aromatic carbocycles. The van der Waals surface area contributed by atoms with Crippen LogP contribution in [-0.2, 0) is 11.4 Å². The van der Waals surface area contributed by atoms with Crippen molar-refractivity contribution in [1.29, 1.82) is 0 Å². The van der Waals surface area contributed by atoms with Gasteiger partial charge in [-0.2, -0.15) is 0 Å². The van der Waals surface area contributed by atoms with Gasteiger partial charge in [-0.05, 0) is 24.3 Å². The van der Waals surface area contributed by atoms with Crippen molar-refractivity contribution in [3.63, 3.8) is 0 Å². The Morgan fingerprint density at radius 3 is 2.67 bits per heavy atom. The summed E-state index contributed by atoms with van der Waals surface area (Å²) >= 11 is -1.35. The number of anilines is 1. The molecular formula is C14H12N4O2S. The Bertz CT molecular complexity index is 788. The molecule has 1 unspecified atom stereocenters. The van der Waals surface area contributed by atoms with Crippen LogP contribution >= 0.6 is 0 Å². The molecule has 0 saturated heterocycles. The van der Waals surface area contributed by atoms with Crippen molar-refractivity contribution in [2.24, 2.45) is 5.73 Å². The Kier molecular flexibility index (Phi) is 3.51. The Hall–Kier alpha value is -2.51. The molecule has 3 aromatic rings. The molecule has 0 bridgehead atoms. The highest BCUT2D eigenvalue weighted by Gasteiger charge is 2.12. The SMILES string of the molecule is NC(=O)c1cn2cc(N[S+]([O-])c3ccccc3)ccc2n1. The Labute approximate surface area is 123 Å². The third kappa shape index (κ3) is 2.83. The molecule has 0 fully saturated rings. The van der Waals surface area contributed by atoms with E-state index in [0.29, 0.717) is 16.2 Å². The number of nitrogens with zero attached hydrogens (tertiary/aromatic N) is 2. The first-order chi connectivity index (χ1) is 10.1. The standard InChI is InChI=1S/C14H12N4O2S/c15-14(19)12-9-18-8-10(6-7-13(18)16-12)17-21(20)11-4-2-1-3-5-11/h1-9,17H,(H2,15,19). The van der Waals surface area contributed by atoms with Crippen LogP contribution in [0.15, 0.2) is 59.8 Å². The van der Waals surface area contributed by atoms with Gasteiger partial charge < -0.3 is 14.7 Å². The number of amides is 1. The number of pyridine rings is 1. The monoisotopic (exact) mass is 300 g/mol. The van der Waals surface area contributed by atoms with E-state index in [-0.39, 0.29) is 5.69 Å². The van der Waals surface area contributed by atoms with Gasteiger partial charge in [-0.25, -0.2) is 9.71 Å². The molecule has 21 heavy (non-hydrogen) atoms. The number of hydrogen-bond acceptors (Lipinski definition) is 4. The summed E-state index contributed by atoms with van der Waals surface area (Å²) in [6, 6.07) is 12.5. The number of imidazole rings is 1. The summed E-state index contributed by atoms with van der Waals surface area (Å²) in [5, 5.41) is 0. The zero-order valence-electron chi connectivity index (χ0n) is 10.9. The van der Waals surface area contributed by atoms with E-state index in [0.717, 1.165) is 0 Å². The van der Waals surface area contributed by atoms with E-state index in [9.17, 15) is 9.35 Å². The number of fused-ring (bicyclic) bond motifs is 1. The van der Waals surface area contributed by atoms with E-state index in [1.807, 2.05) is 18.2 Å². The summed E-state index contributed by atoms with van der Waals surface area (Å²) < 4.78 is 16.7. The van der Waals surface area contributed by atoms with Crippen LogP contribution in [0.3, 0.4) is 0 Å². The first-order valence-corrected chi connectivity index (χ1v) is 7.30. The lowest BCUT2D eigenvalue weighted by Gasteiger charge is -2.11. The minimum Gasteiger partial charge on any atom is -0.588 e. The number of carbonyl (C=O) groups is 1. The van der Waals surface area contributed by atoms with Crippen molar-refractivity contribution in [1.82, 2.24) is 9.38 Å². The summed E-state index contributed by atoms with van der Waals surface area (Å²) in [4.78, 5) is 15.9. The number of aromatic nitrogens is 2. The summed E-state index contributed by atoms with van der Waals surface area (Å²) in [5.41, 5.74) is 6.63. The van der Waals surface area contributed by atoms with Gasteiger partial charge in [0.25, 0.3) is 5.91 Å². The maximum Gasteiger partial charge on any atom is 0.268 e. The van der Waals surface area contributed by atoms with Gasteiger partial charge >= 0.3 is 0 Å². The number of hydrogen-bond donors (Lipinski definition) is 2. The molecular weight excluding hydrogens is 288 g/mol. The molecule has 0 aliphatic rings. The predicted molar refractivity (Wildman–Crippen MR) is 80.2 cm³/mol. The molecule has 6 nitrogen and oxygen atoms in total. The highest BCUT2D eigenvalue weighted by molar-refractivity contribution is 7.92. The van der Waals surface area contributed by atoms with Crippen LogP contribution in [0.1, 0.15) is 10.5 Å². The van der Waals surface area contributed by atoms with Crippen LogP contribution in [0.4, 0.5) is 5.69 Å². The number of nitrogens with two attached hydrogens (primary N) is 1. The molecule has 1 atom stereocenters. The smallest absolute Gasteiger partial charge is 0.268 e. The van der Waals surface area contributed by atoms with Gasteiger partial charge in [0.15, 0.2) is 4.90 Å². The van der Waals surface area contributed by atoms with Crippen LogP contribution in [0.2, 0.25) is 0 Å². The van der Waals surface area contributed by atoms with Gasteiger partial charge in [-0.3, -0.25) is 4.79 Å². The van der Waals surface area contributed by atoms with Crippen molar-refractivity contribution in [2.75, 3.05) is 4.72 Å². The highest BCUT2D eigenvalue weighted by Crippen LogP contribution is 2.17. The summed E-state index contributed by atoms with van der Waals surface area (Å²) in [5.74, 6) is -0.582. The molecule has 0 spiro atoms. The van der Waals surface area contributed by atoms with Crippen molar-refractivity contribution in [3.8, 4) is 0 Å². The molecule has 0 aliphatic carbocycles. The largest absolute Gasteiger partial charge is 0.588 e.